The van der Waals surface area contributed by atoms with Crippen LogP contribution >= 0.6 is 0 Å². The minimum atomic E-state index is 0.0614. The lowest BCUT2D eigenvalue weighted by atomic mass is 9.82. The SMILES string of the molecule is C1=CC2C(c3ccccc3N2c2cccc(-c3ccc(-c4ccccc4)cc3)c2)c2c1oc1cc(-c3nc(-c4ccc(-c5ccccc5)cc4)nc(-c4ccc(-c5ccccc5)cc4)n3)ccc21. The molecule has 9 aromatic carbocycles. The first-order chi connectivity index (χ1) is 33.7. The van der Waals surface area contributed by atoms with E-state index in [4.69, 9.17) is 19.4 Å². The molecule has 0 saturated carbocycles. The van der Waals surface area contributed by atoms with Crippen LogP contribution in [0, 0.1) is 0 Å². The zero-order valence-corrected chi connectivity index (χ0v) is 36.9. The van der Waals surface area contributed by atoms with E-state index in [0.29, 0.717) is 17.5 Å². The maximum absolute atomic E-state index is 6.80. The van der Waals surface area contributed by atoms with Crippen molar-refractivity contribution in [3.63, 3.8) is 0 Å². The molecule has 0 spiro atoms. The Morgan fingerprint density at radius 2 is 0.809 bits per heavy atom. The largest absolute Gasteiger partial charge is 0.456 e. The molecule has 0 radical (unpaired) electrons. The van der Waals surface area contributed by atoms with E-state index >= 15 is 0 Å². The molecule has 68 heavy (non-hydrogen) atoms. The predicted molar refractivity (Wildman–Crippen MR) is 277 cm³/mol. The molecule has 0 amide bonds. The lowest BCUT2D eigenvalue weighted by molar-refractivity contribution is 0.584. The van der Waals surface area contributed by atoms with E-state index in [1.165, 1.54) is 39.1 Å². The van der Waals surface area contributed by atoms with E-state index in [2.05, 4.69) is 235 Å². The number of benzene rings is 9. The van der Waals surface area contributed by atoms with E-state index < -0.39 is 0 Å². The Hall–Kier alpha value is -8.93. The summed E-state index contributed by atoms with van der Waals surface area (Å²) in [4.78, 5) is 17.9. The van der Waals surface area contributed by atoms with Crippen LogP contribution in [0.3, 0.4) is 0 Å². The standard InChI is InChI=1S/C63H42N4O/c1-4-13-41(14-5-1)44-23-25-47(26-24-44)50-19-12-20-52(39-50)67-55-22-11-10-21-53(55)59-56(67)37-38-57-60(59)54-36-35-51(40-58(54)68-57)63-65-61(48-31-27-45(28-32-48)42-15-6-2-7-16-42)64-62(66-63)49-33-29-46(30-34-49)43-17-8-3-9-18-43/h1-40,56,59H. The van der Waals surface area contributed by atoms with Gasteiger partial charge >= 0.3 is 0 Å². The predicted octanol–water partition coefficient (Wildman–Crippen LogP) is 16.0. The maximum Gasteiger partial charge on any atom is 0.164 e. The molecule has 5 heteroatoms. The second-order valence-electron chi connectivity index (χ2n) is 17.5. The summed E-state index contributed by atoms with van der Waals surface area (Å²) >= 11 is 0. The first kappa shape index (κ1) is 39.4. The summed E-state index contributed by atoms with van der Waals surface area (Å²) in [5, 5.41) is 1.09. The normalized spacial score (nSPS) is 14.7. The third-order valence-electron chi connectivity index (χ3n) is 13.5. The van der Waals surface area contributed by atoms with Crippen molar-refractivity contribution in [1.82, 2.24) is 15.0 Å². The number of fused-ring (bicyclic) bond motifs is 7. The van der Waals surface area contributed by atoms with Crippen LogP contribution in [0.4, 0.5) is 11.4 Å². The summed E-state index contributed by atoms with van der Waals surface area (Å²) in [5.41, 5.74) is 17.7. The minimum Gasteiger partial charge on any atom is -0.456 e. The van der Waals surface area contributed by atoms with E-state index in [9.17, 15) is 0 Å². The van der Waals surface area contributed by atoms with Gasteiger partial charge in [-0.25, -0.2) is 15.0 Å². The molecule has 2 aliphatic rings. The molecule has 1 aliphatic carbocycles. The van der Waals surface area contributed by atoms with Crippen LogP contribution in [0.1, 0.15) is 22.8 Å². The Morgan fingerprint density at radius 3 is 1.37 bits per heavy atom. The highest BCUT2D eigenvalue weighted by Gasteiger charge is 2.43. The number of hydrogen-bond acceptors (Lipinski definition) is 5. The van der Waals surface area contributed by atoms with Crippen LogP contribution in [0.2, 0.25) is 0 Å². The molecule has 2 unspecified atom stereocenters. The average Bonchev–Trinajstić information content (AvgIpc) is 3.97. The Balaban J connectivity index is 0.861. The van der Waals surface area contributed by atoms with Crippen molar-refractivity contribution >= 4 is 28.4 Å². The molecule has 0 saturated heterocycles. The third-order valence-corrected chi connectivity index (χ3v) is 13.5. The number of anilines is 2. The van der Waals surface area contributed by atoms with Crippen LogP contribution in [0.5, 0.6) is 0 Å². The number of hydrogen-bond donors (Lipinski definition) is 0. The van der Waals surface area contributed by atoms with Gasteiger partial charge in [0.15, 0.2) is 17.5 Å². The Morgan fingerprint density at radius 1 is 0.368 bits per heavy atom. The van der Waals surface area contributed by atoms with Gasteiger partial charge in [0.2, 0.25) is 0 Å². The van der Waals surface area contributed by atoms with Gasteiger partial charge in [0.25, 0.3) is 0 Å². The summed E-state index contributed by atoms with van der Waals surface area (Å²) in [6.45, 7) is 0. The van der Waals surface area contributed by atoms with Crippen molar-refractivity contribution in [1.29, 1.82) is 0 Å². The Bertz CT molecular complexity index is 3560. The van der Waals surface area contributed by atoms with Crippen molar-refractivity contribution in [3.05, 3.63) is 253 Å². The van der Waals surface area contributed by atoms with Gasteiger partial charge in [-0.1, -0.05) is 212 Å². The molecule has 2 atom stereocenters. The summed E-state index contributed by atoms with van der Waals surface area (Å²) in [5.74, 6) is 2.76. The second kappa shape index (κ2) is 16.5. The van der Waals surface area contributed by atoms with Gasteiger partial charge in [0.05, 0.1) is 6.04 Å². The number of furan rings is 1. The highest BCUT2D eigenvalue weighted by atomic mass is 16.3. The monoisotopic (exact) mass is 870 g/mol. The van der Waals surface area contributed by atoms with Gasteiger partial charge in [-0.05, 0) is 80.4 Å². The second-order valence-corrected chi connectivity index (χ2v) is 17.5. The number of rotatable bonds is 8. The topological polar surface area (TPSA) is 55.1 Å². The summed E-state index contributed by atoms with van der Waals surface area (Å²) in [7, 11) is 0. The van der Waals surface area contributed by atoms with Gasteiger partial charge in [-0.2, -0.15) is 0 Å². The fraction of sp³-hybridized carbons (Fsp3) is 0.0317. The summed E-state index contributed by atoms with van der Waals surface area (Å²) in [6.07, 6.45) is 4.48. The fourth-order valence-electron chi connectivity index (χ4n) is 10.2. The number of para-hydroxylation sites is 1. The first-order valence-corrected chi connectivity index (χ1v) is 23.2. The molecule has 3 heterocycles. The van der Waals surface area contributed by atoms with Crippen molar-refractivity contribution in [2.45, 2.75) is 12.0 Å². The molecule has 1 aliphatic heterocycles. The minimum absolute atomic E-state index is 0.0614. The summed E-state index contributed by atoms with van der Waals surface area (Å²) < 4.78 is 6.80. The highest BCUT2D eigenvalue weighted by molar-refractivity contribution is 5.93. The van der Waals surface area contributed by atoms with Crippen molar-refractivity contribution in [2.24, 2.45) is 0 Å². The van der Waals surface area contributed by atoms with Crippen molar-refractivity contribution in [2.75, 3.05) is 4.90 Å². The van der Waals surface area contributed by atoms with Gasteiger partial charge in [0.1, 0.15) is 11.3 Å². The van der Waals surface area contributed by atoms with Gasteiger partial charge < -0.3 is 9.32 Å². The smallest absolute Gasteiger partial charge is 0.164 e. The zero-order valence-electron chi connectivity index (χ0n) is 36.9. The maximum atomic E-state index is 6.80. The molecular formula is C63H42N4O. The highest BCUT2D eigenvalue weighted by Crippen LogP contribution is 2.54. The molecule has 0 fully saturated rings. The van der Waals surface area contributed by atoms with E-state index in [0.717, 1.165) is 61.4 Å². The molecule has 5 nitrogen and oxygen atoms in total. The van der Waals surface area contributed by atoms with E-state index in [1.807, 2.05) is 12.1 Å². The molecular weight excluding hydrogens is 829 g/mol. The van der Waals surface area contributed by atoms with Crippen molar-refractivity contribution in [3.8, 4) is 78.7 Å². The quantitative estimate of drug-likeness (QED) is 0.152. The van der Waals surface area contributed by atoms with Crippen LogP contribution < -0.4 is 4.90 Å². The number of aromatic nitrogens is 3. The number of nitrogens with zero attached hydrogens (tertiary/aromatic N) is 4. The zero-order chi connectivity index (χ0) is 45.0. The molecule has 13 rings (SSSR count). The molecule has 0 bridgehead atoms. The van der Waals surface area contributed by atoms with Gasteiger partial charge in [0, 0.05) is 44.9 Å². The van der Waals surface area contributed by atoms with Gasteiger partial charge in [-0.3, -0.25) is 0 Å². The average molecular weight is 871 g/mol. The van der Waals surface area contributed by atoms with E-state index in [-0.39, 0.29) is 12.0 Å². The molecule has 2 aromatic heterocycles. The first-order valence-electron chi connectivity index (χ1n) is 23.2. The Labute approximate surface area is 395 Å². The third kappa shape index (κ3) is 7.00. The summed E-state index contributed by atoms with van der Waals surface area (Å²) in [6, 6.07) is 81.4. The Kier molecular flexibility index (Phi) is 9.57. The van der Waals surface area contributed by atoms with E-state index in [1.54, 1.807) is 0 Å². The van der Waals surface area contributed by atoms with Crippen molar-refractivity contribution < 1.29 is 4.42 Å². The molecule has 0 N–H and O–H groups in total. The molecule has 11 aromatic rings. The van der Waals surface area contributed by atoms with Gasteiger partial charge in [-0.15, -0.1) is 0 Å². The van der Waals surface area contributed by atoms with Crippen LogP contribution in [0.25, 0.3) is 95.7 Å². The van der Waals surface area contributed by atoms with Crippen LogP contribution in [-0.4, -0.2) is 21.0 Å². The van der Waals surface area contributed by atoms with Crippen LogP contribution in [0.15, 0.2) is 241 Å². The lowest BCUT2D eigenvalue weighted by Gasteiger charge is -2.30. The molecule has 320 valence electrons. The van der Waals surface area contributed by atoms with Crippen LogP contribution in [-0.2, 0) is 0 Å². The lowest BCUT2D eigenvalue weighted by Crippen LogP contribution is -2.30. The fourth-order valence-corrected chi connectivity index (χ4v) is 10.2.